The summed E-state index contributed by atoms with van der Waals surface area (Å²) >= 11 is 0. The molecular formula is C11H24N2O3. The summed E-state index contributed by atoms with van der Waals surface area (Å²) in [6, 6.07) is 0. The average Bonchev–Trinajstić information content (AvgIpc) is 2.30. The molecule has 1 atom stereocenters. The largest absolute Gasteiger partial charge is 0.395 e. The molecule has 0 bridgehead atoms. The van der Waals surface area contributed by atoms with E-state index in [0.717, 1.165) is 6.54 Å². The minimum Gasteiger partial charge on any atom is -0.395 e. The second-order valence-corrected chi connectivity index (χ2v) is 3.75. The molecule has 0 radical (unpaired) electrons. The zero-order valence-corrected chi connectivity index (χ0v) is 10.5. The van der Waals surface area contributed by atoms with Crippen molar-refractivity contribution >= 4 is 5.91 Å². The highest BCUT2D eigenvalue weighted by molar-refractivity contribution is 5.78. The fourth-order valence-corrected chi connectivity index (χ4v) is 1.41. The van der Waals surface area contributed by atoms with Gasteiger partial charge in [-0.3, -0.25) is 4.79 Å². The predicted octanol–water partition coefficient (Wildman–Crippen LogP) is -0.301. The fraction of sp³-hybridized carbons (Fsp3) is 0.909. The van der Waals surface area contributed by atoms with Gasteiger partial charge in [0.05, 0.1) is 13.2 Å². The lowest BCUT2D eigenvalue weighted by atomic mass is 10.1. The summed E-state index contributed by atoms with van der Waals surface area (Å²) in [6.07, 6.45) is 0. The summed E-state index contributed by atoms with van der Waals surface area (Å²) in [5.41, 5.74) is 0. The summed E-state index contributed by atoms with van der Waals surface area (Å²) in [7, 11) is 1.60. The van der Waals surface area contributed by atoms with Crippen LogP contribution in [0, 0.1) is 5.92 Å². The van der Waals surface area contributed by atoms with Crippen molar-refractivity contribution in [1.29, 1.82) is 0 Å². The first-order valence-electron chi connectivity index (χ1n) is 5.76. The molecule has 0 aromatic rings. The van der Waals surface area contributed by atoms with Crippen molar-refractivity contribution in [3.8, 4) is 0 Å². The van der Waals surface area contributed by atoms with E-state index in [0.29, 0.717) is 26.2 Å². The zero-order chi connectivity index (χ0) is 12.4. The van der Waals surface area contributed by atoms with Crippen molar-refractivity contribution in [1.82, 2.24) is 10.2 Å². The molecule has 1 unspecified atom stereocenters. The number of rotatable bonds is 9. The topological polar surface area (TPSA) is 61.8 Å². The van der Waals surface area contributed by atoms with Crippen LogP contribution in [0.2, 0.25) is 0 Å². The Bertz CT molecular complexity index is 188. The molecule has 0 aliphatic heterocycles. The Balaban J connectivity index is 4.12. The SMILES string of the molecule is CCNCC(C)C(=O)N(CCO)CCOC. The van der Waals surface area contributed by atoms with Gasteiger partial charge in [0.25, 0.3) is 0 Å². The molecule has 2 N–H and O–H groups in total. The Morgan fingerprint density at radius 3 is 2.69 bits per heavy atom. The van der Waals surface area contributed by atoms with E-state index in [1.54, 1.807) is 12.0 Å². The first-order valence-corrected chi connectivity index (χ1v) is 5.76. The molecule has 0 spiro atoms. The van der Waals surface area contributed by atoms with Crippen LogP contribution in [0.15, 0.2) is 0 Å². The van der Waals surface area contributed by atoms with E-state index in [-0.39, 0.29) is 18.4 Å². The third-order valence-electron chi connectivity index (χ3n) is 2.37. The van der Waals surface area contributed by atoms with Crippen LogP contribution < -0.4 is 5.32 Å². The lowest BCUT2D eigenvalue weighted by Crippen LogP contribution is -2.42. The van der Waals surface area contributed by atoms with Crippen LogP contribution in [-0.2, 0) is 9.53 Å². The maximum Gasteiger partial charge on any atom is 0.226 e. The van der Waals surface area contributed by atoms with E-state index in [2.05, 4.69) is 5.32 Å². The maximum absolute atomic E-state index is 12.0. The molecule has 96 valence electrons. The Morgan fingerprint density at radius 2 is 2.19 bits per heavy atom. The van der Waals surface area contributed by atoms with Crippen LogP contribution in [-0.4, -0.2) is 62.4 Å². The van der Waals surface area contributed by atoms with E-state index < -0.39 is 0 Å². The second kappa shape index (κ2) is 9.57. The number of nitrogens with zero attached hydrogens (tertiary/aromatic N) is 1. The highest BCUT2D eigenvalue weighted by Gasteiger charge is 2.19. The predicted molar refractivity (Wildman–Crippen MR) is 63.2 cm³/mol. The Hall–Kier alpha value is -0.650. The normalized spacial score (nSPS) is 12.5. The molecule has 0 fully saturated rings. The molecule has 0 aromatic carbocycles. The van der Waals surface area contributed by atoms with Gasteiger partial charge in [-0.05, 0) is 6.54 Å². The van der Waals surface area contributed by atoms with Crippen molar-refractivity contribution in [3.63, 3.8) is 0 Å². The first kappa shape index (κ1) is 15.3. The summed E-state index contributed by atoms with van der Waals surface area (Å²) in [5, 5.41) is 12.0. The van der Waals surface area contributed by atoms with Crippen LogP contribution in [0.4, 0.5) is 0 Å². The maximum atomic E-state index is 12.0. The van der Waals surface area contributed by atoms with Crippen molar-refractivity contribution in [3.05, 3.63) is 0 Å². The van der Waals surface area contributed by atoms with Crippen LogP contribution in [0.25, 0.3) is 0 Å². The van der Waals surface area contributed by atoms with Crippen LogP contribution in [0.3, 0.4) is 0 Å². The van der Waals surface area contributed by atoms with Crippen LogP contribution >= 0.6 is 0 Å². The third-order valence-corrected chi connectivity index (χ3v) is 2.37. The van der Waals surface area contributed by atoms with Gasteiger partial charge in [-0.1, -0.05) is 13.8 Å². The molecule has 5 heteroatoms. The fourth-order valence-electron chi connectivity index (χ4n) is 1.41. The number of methoxy groups -OCH3 is 1. The second-order valence-electron chi connectivity index (χ2n) is 3.75. The smallest absolute Gasteiger partial charge is 0.226 e. The molecule has 0 heterocycles. The number of ether oxygens (including phenoxy) is 1. The Labute approximate surface area is 97.8 Å². The van der Waals surface area contributed by atoms with Gasteiger partial charge in [-0.15, -0.1) is 0 Å². The van der Waals surface area contributed by atoms with Gasteiger partial charge in [0.1, 0.15) is 0 Å². The molecule has 0 saturated carbocycles. The van der Waals surface area contributed by atoms with Crippen molar-refractivity contribution < 1.29 is 14.6 Å². The van der Waals surface area contributed by atoms with E-state index >= 15 is 0 Å². The van der Waals surface area contributed by atoms with Gasteiger partial charge >= 0.3 is 0 Å². The Kier molecular flexibility index (Phi) is 9.18. The molecule has 0 aliphatic carbocycles. The summed E-state index contributed by atoms with van der Waals surface area (Å²) in [5.74, 6) is -0.00425. The van der Waals surface area contributed by atoms with Gasteiger partial charge in [0.2, 0.25) is 5.91 Å². The number of carbonyl (C=O) groups excluding carboxylic acids is 1. The van der Waals surface area contributed by atoms with Gasteiger partial charge in [0, 0.05) is 32.7 Å². The van der Waals surface area contributed by atoms with Gasteiger partial charge in [-0.2, -0.15) is 0 Å². The van der Waals surface area contributed by atoms with E-state index in [9.17, 15) is 4.79 Å². The van der Waals surface area contributed by atoms with E-state index in [1.165, 1.54) is 0 Å². The lowest BCUT2D eigenvalue weighted by Gasteiger charge is -2.24. The van der Waals surface area contributed by atoms with Crippen molar-refractivity contribution in [2.45, 2.75) is 13.8 Å². The van der Waals surface area contributed by atoms with Gasteiger partial charge in [-0.25, -0.2) is 0 Å². The standard InChI is InChI=1S/C11H24N2O3/c1-4-12-9-10(2)11(15)13(5-7-14)6-8-16-3/h10,12,14H,4-9H2,1-3H3. The molecule has 5 nitrogen and oxygen atoms in total. The molecule has 0 saturated heterocycles. The minimum absolute atomic E-state index is 0.0105. The molecule has 0 aromatic heterocycles. The molecule has 16 heavy (non-hydrogen) atoms. The summed E-state index contributed by atoms with van der Waals surface area (Å²) in [6.45, 7) is 6.82. The molecule has 0 aliphatic rings. The number of hydrogen-bond acceptors (Lipinski definition) is 4. The first-order chi connectivity index (χ1) is 7.67. The zero-order valence-electron chi connectivity index (χ0n) is 10.5. The third kappa shape index (κ3) is 6.05. The number of aliphatic hydroxyl groups excluding tert-OH is 1. The monoisotopic (exact) mass is 232 g/mol. The number of aliphatic hydroxyl groups is 1. The van der Waals surface area contributed by atoms with Crippen LogP contribution in [0.1, 0.15) is 13.8 Å². The number of hydrogen-bond donors (Lipinski definition) is 2. The average molecular weight is 232 g/mol. The van der Waals surface area contributed by atoms with Crippen LogP contribution in [0.5, 0.6) is 0 Å². The van der Waals surface area contributed by atoms with Crippen molar-refractivity contribution in [2.24, 2.45) is 5.92 Å². The van der Waals surface area contributed by atoms with Crippen molar-refractivity contribution in [2.75, 3.05) is 46.5 Å². The summed E-state index contributed by atoms with van der Waals surface area (Å²) < 4.78 is 4.94. The quantitative estimate of drug-likeness (QED) is 0.573. The number of carbonyl (C=O) groups is 1. The highest BCUT2D eigenvalue weighted by Crippen LogP contribution is 2.01. The lowest BCUT2D eigenvalue weighted by molar-refractivity contribution is -0.136. The van der Waals surface area contributed by atoms with Gasteiger partial charge < -0.3 is 20.1 Å². The minimum atomic E-state index is -0.0663. The molecular weight excluding hydrogens is 208 g/mol. The number of nitrogens with one attached hydrogen (secondary N) is 1. The summed E-state index contributed by atoms with van der Waals surface area (Å²) in [4.78, 5) is 13.6. The van der Waals surface area contributed by atoms with Gasteiger partial charge in [0.15, 0.2) is 0 Å². The van der Waals surface area contributed by atoms with E-state index in [1.807, 2.05) is 13.8 Å². The molecule has 0 rings (SSSR count). The molecule has 1 amide bonds. The Morgan fingerprint density at radius 1 is 1.50 bits per heavy atom. The van der Waals surface area contributed by atoms with E-state index in [4.69, 9.17) is 9.84 Å². The highest BCUT2D eigenvalue weighted by atomic mass is 16.5. The number of amides is 1.